The van der Waals surface area contributed by atoms with Crippen molar-refractivity contribution in [3.05, 3.63) is 41.2 Å². The Hall–Kier alpha value is -2.34. The number of rotatable bonds is 3. The van der Waals surface area contributed by atoms with Gasteiger partial charge in [0.05, 0.1) is 24.1 Å². The number of nitrogens with zero attached hydrogens (tertiary/aromatic N) is 1. The van der Waals surface area contributed by atoms with Gasteiger partial charge < -0.3 is 19.8 Å². The maximum absolute atomic E-state index is 13.5. The second-order valence-corrected chi connectivity index (χ2v) is 8.07. The van der Waals surface area contributed by atoms with Crippen LogP contribution in [-0.2, 0) is 14.3 Å². The van der Waals surface area contributed by atoms with Gasteiger partial charge in [-0.25, -0.2) is 0 Å². The number of amides is 1. The van der Waals surface area contributed by atoms with E-state index in [0.29, 0.717) is 17.1 Å². The molecule has 0 saturated heterocycles. The monoisotopic (exact) mass is 371 g/mol. The van der Waals surface area contributed by atoms with Crippen molar-refractivity contribution in [2.24, 2.45) is 17.8 Å². The van der Waals surface area contributed by atoms with E-state index in [9.17, 15) is 19.8 Å². The van der Waals surface area contributed by atoms with Crippen LogP contribution in [0.15, 0.2) is 35.6 Å². The van der Waals surface area contributed by atoms with Crippen molar-refractivity contribution in [1.82, 2.24) is 4.90 Å². The van der Waals surface area contributed by atoms with Gasteiger partial charge in [-0.1, -0.05) is 26.0 Å². The van der Waals surface area contributed by atoms with Crippen molar-refractivity contribution in [2.75, 3.05) is 13.2 Å². The van der Waals surface area contributed by atoms with Crippen LogP contribution in [0.1, 0.15) is 38.3 Å². The smallest absolute Gasteiger partial charge is 0.290 e. The number of β-amino-alcohol motifs (C(OH)–C–C–N with tert-alkyl or cyclic N) is 1. The molecule has 144 valence electrons. The summed E-state index contributed by atoms with van der Waals surface area (Å²) in [6.45, 7) is 4.11. The number of hydrogen-bond acceptors (Lipinski definition) is 5. The topological polar surface area (TPSA) is 87.1 Å². The third-order valence-corrected chi connectivity index (χ3v) is 6.06. The van der Waals surface area contributed by atoms with E-state index in [1.165, 1.54) is 4.90 Å². The Bertz CT molecular complexity index is 817. The summed E-state index contributed by atoms with van der Waals surface area (Å²) in [4.78, 5) is 27.9. The minimum atomic E-state index is -0.632. The third kappa shape index (κ3) is 2.83. The highest BCUT2D eigenvalue weighted by Gasteiger charge is 2.53. The van der Waals surface area contributed by atoms with Gasteiger partial charge in [-0.05, 0) is 42.4 Å². The summed E-state index contributed by atoms with van der Waals surface area (Å²) in [6.07, 6.45) is 1.46. The minimum Gasteiger partial charge on any atom is -0.508 e. The predicted octanol–water partition coefficient (Wildman–Crippen LogP) is 2.17. The number of carbonyl (C=O) groups excluding carboxylic acids is 2. The van der Waals surface area contributed by atoms with Crippen LogP contribution in [0.3, 0.4) is 0 Å². The van der Waals surface area contributed by atoms with E-state index in [2.05, 4.69) is 13.8 Å². The lowest BCUT2D eigenvalue weighted by Crippen LogP contribution is -2.45. The molecule has 2 N–H and O–H groups in total. The van der Waals surface area contributed by atoms with E-state index in [4.69, 9.17) is 4.74 Å². The number of ketones is 1. The number of benzene rings is 1. The molecule has 1 saturated carbocycles. The van der Waals surface area contributed by atoms with Crippen molar-refractivity contribution >= 4 is 11.7 Å². The number of fused-ring (bicyclic) bond motifs is 1. The average molecular weight is 371 g/mol. The van der Waals surface area contributed by atoms with Gasteiger partial charge in [-0.15, -0.1) is 0 Å². The molecule has 6 nitrogen and oxygen atoms in total. The molecule has 27 heavy (non-hydrogen) atoms. The third-order valence-electron chi connectivity index (χ3n) is 6.06. The zero-order valence-electron chi connectivity index (χ0n) is 15.6. The molecule has 0 bridgehead atoms. The molecule has 2 heterocycles. The van der Waals surface area contributed by atoms with Gasteiger partial charge in [-0.2, -0.15) is 0 Å². The Morgan fingerprint density at radius 2 is 2.00 bits per heavy atom. The predicted molar refractivity (Wildman–Crippen MR) is 97.6 cm³/mol. The number of ether oxygens (including phenoxy) is 1. The van der Waals surface area contributed by atoms with Crippen LogP contribution in [0.5, 0.6) is 5.75 Å². The number of aromatic hydroxyl groups is 1. The van der Waals surface area contributed by atoms with Gasteiger partial charge in [0.2, 0.25) is 0 Å². The lowest BCUT2D eigenvalue weighted by molar-refractivity contribution is -0.139. The maximum Gasteiger partial charge on any atom is 0.290 e. The zero-order chi connectivity index (χ0) is 19.3. The fraction of sp³-hybridized carbons (Fsp3) is 0.524. The van der Waals surface area contributed by atoms with Gasteiger partial charge >= 0.3 is 0 Å². The molecule has 0 aromatic heterocycles. The number of carbonyl (C=O) groups is 2. The summed E-state index contributed by atoms with van der Waals surface area (Å²) in [5, 5.41) is 19.3. The fourth-order valence-corrected chi connectivity index (χ4v) is 5.00. The first-order chi connectivity index (χ1) is 12.9. The number of hydrogen-bond donors (Lipinski definition) is 2. The van der Waals surface area contributed by atoms with E-state index in [1.54, 1.807) is 24.3 Å². The van der Waals surface area contributed by atoms with E-state index < -0.39 is 6.04 Å². The van der Waals surface area contributed by atoms with Crippen LogP contribution < -0.4 is 0 Å². The second kappa shape index (κ2) is 6.68. The lowest BCUT2D eigenvalue weighted by Gasteiger charge is -2.41. The molecule has 1 aromatic carbocycles. The van der Waals surface area contributed by atoms with Crippen LogP contribution in [0.4, 0.5) is 0 Å². The molecule has 6 heteroatoms. The minimum absolute atomic E-state index is 0.0261. The first-order valence-electron chi connectivity index (χ1n) is 9.58. The van der Waals surface area contributed by atoms with Gasteiger partial charge in [0.1, 0.15) is 11.9 Å². The van der Waals surface area contributed by atoms with Crippen LogP contribution in [-0.4, -0.2) is 46.1 Å². The van der Waals surface area contributed by atoms with Crippen molar-refractivity contribution in [1.29, 1.82) is 0 Å². The molecular formula is C21H25NO5. The van der Waals surface area contributed by atoms with Crippen molar-refractivity contribution in [2.45, 2.75) is 38.8 Å². The van der Waals surface area contributed by atoms with Gasteiger partial charge in [-0.3, -0.25) is 9.59 Å². The van der Waals surface area contributed by atoms with Crippen LogP contribution in [0.2, 0.25) is 0 Å². The Balaban J connectivity index is 1.80. The van der Waals surface area contributed by atoms with Gasteiger partial charge in [0.15, 0.2) is 11.5 Å². The molecule has 4 rings (SSSR count). The second-order valence-electron chi connectivity index (χ2n) is 8.07. The maximum atomic E-state index is 13.5. The Kier molecular flexibility index (Phi) is 4.46. The fourth-order valence-electron chi connectivity index (χ4n) is 5.00. The van der Waals surface area contributed by atoms with Gasteiger partial charge in [0.25, 0.3) is 5.91 Å². The Labute approximate surface area is 158 Å². The van der Waals surface area contributed by atoms with Crippen molar-refractivity contribution in [3.63, 3.8) is 0 Å². The normalized spacial score (nSPS) is 33.0. The van der Waals surface area contributed by atoms with Gasteiger partial charge in [0, 0.05) is 6.54 Å². The SMILES string of the molecule is CC1CC(C)C2OC3=C(C(=O)C2C1)C(c1cccc(O)c1)N(CCO)C3=O. The quantitative estimate of drug-likeness (QED) is 0.850. The highest BCUT2D eigenvalue weighted by molar-refractivity contribution is 6.11. The summed E-state index contributed by atoms with van der Waals surface area (Å²) in [6, 6.07) is 5.94. The standard InChI is InChI=1S/C21H25NO5/c1-11-8-12(2)19-15(9-11)18(25)16-17(13-4-3-5-14(24)10-13)22(6-7-23)21(26)20(16)27-19/h3-5,10-12,15,17,19,23-24H,6-9H2,1-2H3. The number of aliphatic hydroxyl groups excluding tert-OH is 1. The van der Waals surface area contributed by atoms with Crippen LogP contribution in [0, 0.1) is 17.8 Å². The summed E-state index contributed by atoms with van der Waals surface area (Å²) in [5.41, 5.74) is 1.02. The molecule has 1 aromatic rings. The number of aliphatic hydroxyl groups is 1. The highest BCUT2D eigenvalue weighted by atomic mass is 16.5. The molecule has 5 unspecified atom stereocenters. The number of Topliss-reactive ketones (excluding diaryl/α,β-unsaturated/α-hetero) is 1. The van der Waals surface area contributed by atoms with Crippen LogP contribution in [0.25, 0.3) is 0 Å². The summed E-state index contributed by atoms with van der Waals surface area (Å²) < 4.78 is 6.14. The number of phenols is 1. The Morgan fingerprint density at radius 3 is 2.70 bits per heavy atom. The lowest BCUT2D eigenvalue weighted by atomic mass is 9.70. The number of phenolic OH excluding ortho intramolecular Hbond substituents is 1. The molecule has 1 amide bonds. The molecule has 2 aliphatic heterocycles. The van der Waals surface area contributed by atoms with Crippen LogP contribution >= 0.6 is 0 Å². The summed E-state index contributed by atoms with van der Waals surface area (Å²) in [7, 11) is 0. The van der Waals surface area contributed by atoms with Crippen molar-refractivity contribution in [3.8, 4) is 5.75 Å². The highest BCUT2D eigenvalue weighted by Crippen LogP contribution is 2.48. The molecule has 5 atom stereocenters. The summed E-state index contributed by atoms with van der Waals surface area (Å²) in [5.74, 6) is 0.205. The molecule has 3 aliphatic rings. The molecular weight excluding hydrogens is 346 g/mol. The molecule has 1 fully saturated rings. The Morgan fingerprint density at radius 1 is 1.22 bits per heavy atom. The molecule has 0 spiro atoms. The molecule has 1 aliphatic carbocycles. The van der Waals surface area contributed by atoms with Crippen molar-refractivity contribution < 1.29 is 24.5 Å². The van der Waals surface area contributed by atoms with E-state index in [1.807, 2.05) is 0 Å². The first-order valence-corrected chi connectivity index (χ1v) is 9.58. The van der Waals surface area contributed by atoms with E-state index in [0.717, 1.165) is 12.8 Å². The van der Waals surface area contributed by atoms with E-state index >= 15 is 0 Å². The molecule has 0 radical (unpaired) electrons. The zero-order valence-corrected chi connectivity index (χ0v) is 15.6. The largest absolute Gasteiger partial charge is 0.508 e. The average Bonchev–Trinajstić information content (AvgIpc) is 2.89. The van der Waals surface area contributed by atoms with E-state index in [-0.39, 0.29) is 54.3 Å². The first kappa shape index (κ1) is 18.0. The summed E-state index contributed by atoms with van der Waals surface area (Å²) >= 11 is 0.